The minimum absolute atomic E-state index is 0.217. The van der Waals surface area contributed by atoms with Crippen LogP contribution in [0.3, 0.4) is 0 Å². The summed E-state index contributed by atoms with van der Waals surface area (Å²) in [5.74, 6) is -1.22. The Bertz CT molecular complexity index is 661. The van der Waals surface area contributed by atoms with Crippen LogP contribution in [-0.4, -0.2) is 15.1 Å². The fraction of sp³-hybridized carbons (Fsp3) is 0.0769. The van der Waals surface area contributed by atoms with Gasteiger partial charge in [0, 0.05) is 18.3 Å². The Morgan fingerprint density at radius 1 is 1.15 bits per heavy atom. The molecule has 0 saturated heterocycles. The van der Waals surface area contributed by atoms with E-state index < -0.39 is 10.7 Å². The van der Waals surface area contributed by atoms with Crippen LogP contribution in [0.15, 0.2) is 36.4 Å². The number of phenolic OH excluding ortho intramolecular Hbond substituents is 2. The van der Waals surface area contributed by atoms with Gasteiger partial charge < -0.3 is 15.5 Å². The number of hydrogen-bond acceptors (Lipinski definition) is 5. The van der Waals surface area contributed by atoms with Crippen LogP contribution >= 0.6 is 0 Å². The first kappa shape index (κ1) is 13.6. The van der Waals surface area contributed by atoms with Gasteiger partial charge in [0.1, 0.15) is 5.82 Å². The van der Waals surface area contributed by atoms with Crippen molar-refractivity contribution in [2.75, 3.05) is 5.32 Å². The van der Waals surface area contributed by atoms with E-state index in [0.29, 0.717) is 5.56 Å². The van der Waals surface area contributed by atoms with Gasteiger partial charge in [0.05, 0.1) is 11.0 Å². The van der Waals surface area contributed by atoms with Crippen LogP contribution in [0.5, 0.6) is 11.5 Å². The number of rotatable bonds is 4. The summed E-state index contributed by atoms with van der Waals surface area (Å²) < 4.78 is 13.2. The summed E-state index contributed by atoms with van der Waals surface area (Å²) in [6.45, 7) is 0.217. The zero-order chi connectivity index (χ0) is 14.7. The highest BCUT2D eigenvalue weighted by molar-refractivity contribution is 5.52. The molecule has 7 heteroatoms. The average molecular weight is 278 g/mol. The molecular formula is C13H11FN2O4. The predicted octanol–water partition coefficient (Wildman–Crippen LogP) is 2.76. The summed E-state index contributed by atoms with van der Waals surface area (Å²) in [6.07, 6.45) is 0. The summed E-state index contributed by atoms with van der Waals surface area (Å²) in [5, 5.41) is 31.9. The number of nitrogens with zero attached hydrogens (tertiary/aromatic N) is 1. The van der Waals surface area contributed by atoms with Gasteiger partial charge in [-0.3, -0.25) is 10.1 Å². The lowest BCUT2D eigenvalue weighted by molar-refractivity contribution is -0.385. The van der Waals surface area contributed by atoms with Gasteiger partial charge in [0.2, 0.25) is 0 Å². The van der Waals surface area contributed by atoms with Crippen LogP contribution in [0.2, 0.25) is 0 Å². The first-order valence-electron chi connectivity index (χ1n) is 5.65. The van der Waals surface area contributed by atoms with Crippen LogP contribution in [0.25, 0.3) is 0 Å². The molecule has 0 spiro atoms. The second kappa shape index (κ2) is 5.43. The first-order valence-corrected chi connectivity index (χ1v) is 5.65. The van der Waals surface area contributed by atoms with Crippen molar-refractivity contribution >= 4 is 11.4 Å². The summed E-state index contributed by atoms with van der Waals surface area (Å²) >= 11 is 0. The average Bonchev–Trinajstić information content (AvgIpc) is 2.39. The first-order chi connectivity index (χ1) is 9.45. The van der Waals surface area contributed by atoms with Crippen LogP contribution < -0.4 is 5.32 Å². The molecule has 0 fully saturated rings. The third-order valence-electron chi connectivity index (χ3n) is 2.63. The minimum atomic E-state index is -0.713. The lowest BCUT2D eigenvalue weighted by Gasteiger charge is -2.07. The number of phenols is 2. The maximum atomic E-state index is 13.2. The molecule has 6 nitrogen and oxygen atoms in total. The van der Waals surface area contributed by atoms with E-state index in [0.717, 1.165) is 12.1 Å². The third kappa shape index (κ3) is 3.14. The van der Waals surface area contributed by atoms with Gasteiger partial charge in [-0.05, 0) is 23.8 Å². The molecule has 104 valence electrons. The molecule has 0 radical (unpaired) electrons. The van der Waals surface area contributed by atoms with Crippen LogP contribution in [0, 0.1) is 15.9 Å². The van der Waals surface area contributed by atoms with E-state index >= 15 is 0 Å². The molecule has 0 bridgehead atoms. The maximum absolute atomic E-state index is 13.2. The summed E-state index contributed by atoms with van der Waals surface area (Å²) in [4.78, 5) is 9.93. The quantitative estimate of drug-likeness (QED) is 0.454. The largest absolute Gasteiger partial charge is 0.504 e. The third-order valence-corrected chi connectivity index (χ3v) is 2.63. The molecule has 2 aromatic rings. The van der Waals surface area contributed by atoms with Gasteiger partial charge in [0.15, 0.2) is 11.5 Å². The zero-order valence-electron chi connectivity index (χ0n) is 10.2. The Hall–Kier alpha value is -2.83. The number of non-ortho nitro benzene ring substituents is 1. The fourth-order valence-electron chi connectivity index (χ4n) is 1.66. The van der Waals surface area contributed by atoms with Gasteiger partial charge >= 0.3 is 0 Å². The van der Waals surface area contributed by atoms with Gasteiger partial charge in [-0.25, -0.2) is 4.39 Å². The monoisotopic (exact) mass is 278 g/mol. The highest BCUT2D eigenvalue weighted by atomic mass is 19.1. The van der Waals surface area contributed by atoms with Crippen molar-refractivity contribution in [1.29, 1.82) is 0 Å². The molecule has 20 heavy (non-hydrogen) atoms. The molecule has 0 aromatic heterocycles. The van der Waals surface area contributed by atoms with Gasteiger partial charge in [0.25, 0.3) is 5.69 Å². The van der Waals surface area contributed by atoms with Crippen molar-refractivity contribution in [1.82, 2.24) is 0 Å². The van der Waals surface area contributed by atoms with E-state index in [1.807, 2.05) is 0 Å². The van der Waals surface area contributed by atoms with E-state index in [1.54, 1.807) is 6.07 Å². The van der Waals surface area contributed by atoms with E-state index in [2.05, 4.69) is 5.32 Å². The maximum Gasteiger partial charge on any atom is 0.274 e. The Morgan fingerprint density at radius 3 is 2.55 bits per heavy atom. The van der Waals surface area contributed by atoms with Gasteiger partial charge in [-0.2, -0.15) is 0 Å². The number of nitrogens with one attached hydrogen (secondary N) is 1. The summed E-state index contributed by atoms with van der Waals surface area (Å²) in [6, 6.07) is 7.40. The summed E-state index contributed by atoms with van der Waals surface area (Å²) in [5.41, 5.74) is 0.539. The van der Waals surface area contributed by atoms with Crippen molar-refractivity contribution < 1.29 is 19.5 Å². The van der Waals surface area contributed by atoms with E-state index in [9.17, 15) is 19.6 Å². The molecule has 0 amide bonds. The molecule has 0 aliphatic carbocycles. The molecule has 0 heterocycles. The van der Waals surface area contributed by atoms with Crippen molar-refractivity contribution in [3.63, 3.8) is 0 Å². The summed E-state index contributed by atoms with van der Waals surface area (Å²) in [7, 11) is 0. The molecule has 2 aromatic carbocycles. The molecule has 2 rings (SSSR count). The molecule has 0 aliphatic heterocycles. The smallest absolute Gasteiger partial charge is 0.274 e. The number of nitro benzene ring substituents is 1. The predicted molar refractivity (Wildman–Crippen MR) is 70.2 cm³/mol. The Kier molecular flexibility index (Phi) is 3.69. The van der Waals surface area contributed by atoms with E-state index in [-0.39, 0.29) is 29.4 Å². The van der Waals surface area contributed by atoms with Crippen molar-refractivity contribution in [2.24, 2.45) is 0 Å². The van der Waals surface area contributed by atoms with Crippen LogP contribution in [0.1, 0.15) is 5.56 Å². The molecule has 0 aliphatic rings. The fourth-order valence-corrected chi connectivity index (χ4v) is 1.66. The lowest BCUT2D eigenvalue weighted by Crippen LogP contribution is -2.00. The topological polar surface area (TPSA) is 95.6 Å². The van der Waals surface area contributed by atoms with Crippen molar-refractivity contribution in [3.8, 4) is 11.5 Å². The van der Waals surface area contributed by atoms with Crippen molar-refractivity contribution in [2.45, 2.75) is 6.54 Å². The highest BCUT2D eigenvalue weighted by Crippen LogP contribution is 2.26. The van der Waals surface area contributed by atoms with Crippen molar-refractivity contribution in [3.05, 3.63) is 57.9 Å². The second-order valence-corrected chi connectivity index (χ2v) is 4.13. The molecule has 0 atom stereocenters. The van der Waals surface area contributed by atoms with Crippen LogP contribution in [0.4, 0.5) is 15.8 Å². The minimum Gasteiger partial charge on any atom is -0.504 e. The van der Waals surface area contributed by atoms with Gasteiger partial charge in [-0.1, -0.05) is 6.07 Å². The zero-order valence-corrected chi connectivity index (χ0v) is 10.2. The number of aromatic hydroxyl groups is 2. The molecule has 0 unspecified atom stereocenters. The number of anilines is 1. The SMILES string of the molecule is O=[N+]([O-])c1cc(F)cc(NCc2ccc(O)c(O)c2)c1. The molecule has 0 saturated carbocycles. The van der Waals surface area contributed by atoms with E-state index in [4.69, 9.17) is 5.11 Å². The number of nitro groups is 1. The number of benzene rings is 2. The number of hydrogen-bond donors (Lipinski definition) is 3. The molecule has 3 N–H and O–H groups in total. The lowest BCUT2D eigenvalue weighted by atomic mass is 10.2. The normalized spacial score (nSPS) is 10.2. The second-order valence-electron chi connectivity index (χ2n) is 4.13. The Balaban J connectivity index is 2.14. The Morgan fingerprint density at radius 2 is 1.90 bits per heavy atom. The van der Waals surface area contributed by atoms with E-state index in [1.165, 1.54) is 18.2 Å². The Labute approximate surface area is 113 Å². The number of halogens is 1. The highest BCUT2D eigenvalue weighted by Gasteiger charge is 2.09. The van der Waals surface area contributed by atoms with Gasteiger partial charge in [-0.15, -0.1) is 0 Å². The molecular weight excluding hydrogens is 267 g/mol. The van der Waals surface area contributed by atoms with Crippen LogP contribution in [-0.2, 0) is 6.54 Å². The standard InChI is InChI=1S/C13H11FN2O4/c14-9-4-10(6-11(5-9)16(19)20)15-7-8-1-2-12(17)13(18)3-8/h1-6,15,17-18H,7H2.